The largest absolute Gasteiger partial charge is 0.324 e. The monoisotopic (exact) mass is 394 g/mol. The van der Waals surface area contributed by atoms with Gasteiger partial charge in [0.2, 0.25) is 6.54 Å². The van der Waals surface area contributed by atoms with Crippen molar-refractivity contribution >= 4 is 39.1 Å². The lowest BCUT2D eigenvalue weighted by molar-refractivity contribution is -0.484. The SMILES string of the molecule is O=C1Nc2ccccc2[C@]1(Cl)[C@H](C[N+](=O)[O-])c1cccc(Br)c1. The molecule has 0 saturated heterocycles. The van der Waals surface area contributed by atoms with Crippen LogP contribution in [0.15, 0.2) is 53.0 Å². The second kappa shape index (κ2) is 5.94. The first-order valence-corrected chi connectivity index (χ1v) is 8.07. The van der Waals surface area contributed by atoms with E-state index in [1.807, 2.05) is 6.07 Å². The number of halogens is 2. The van der Waals surface area contributed by atoms with Gasteiger partial charge in [0, 0.05) is 20.6 Å². The maximum atomic E-state index is 12.6. The highest BCUT2D eigenvalue weighted by Gasteiger charge is 2.53. The summed E-state index contributed by atoms with van der Waals surface area (Å²) in [6.45, 7) is -0.443. The van der Waals surface area contributed by atoms with Crippen molar-refractivity contribution < 1.29 is 9.72 Å². The Hall–Kier alpha value is -1.92. The fraction of sp³-hybridized carbons (Fsp3) is 0.188. The van der Waals surface area contributed by atoms with Crippen molar-refractivity contribution in [3.63, 3.8) is 0 Å². The minimum absolute atomic E-state index is 0.438. The van der Waals surface area contributed by atoms with Gasteiger partial charge in [0.25, 0.3) is 5.91 Å². The van der Waals surface area contributed by atoms with Crippen LogP contribution in [0.3, 0.4) is 0 Å². The zero-order valence-corrected chi connectivity index (χ0v) is 14.2. The number of hydrogen-bond donors (Lipinski definition) is 1. The van der Waals surface area contributed by atoms with E-state index in [9.17, 15) is 14.9 Å². The summed E-state index contributed by atoms with van der Waals surface area (Å²) in [4.78, 5) is 21.8. The minimum atomic E-state index is -1.51. The Bertz CT molecular complexity index is 798. The van der Waals surface area contributed by atoms with Gasteiger partial charge in [-0.1, -0.05) is 46.3 Å². The van der Waals surface area contributed by atoms with Crippen LogP contribution in [-0.4, -0.2) is 17.4 Å². The molecule has 1 amide bonds. The molecule has 0 fully saturated rings. The van der Waals surface area contributed by atoms with Crippen LogP contribution < -0.4 is 5.32 Å². The molecule has 7 heteroatoms. The molecule has 2 aromatic rings. The molecule has 1 N–H and O–H groups in total. The second-order valence-electron chi connectivity index (χ2n) is 5.33. The van der Waals surface area contributed by atoms with Crippen molar-refractivity contribution in [3.05, 3.63) is 74.2 Å². The molecule has 1 aliphatic rings. The quantitative estimate of drug-likeness (QED) is 0.485. The van der Waals surface area contributed by atoms with E-state index in [1.165, 1.54) is 0 Å². The van der Waals surface area contributed by atoms with Gasteiger partial charge in [-0.15, -0.1) is 11.6 Å². The van der Waals surface area contributed by atoms with Crippen molar-refractivity contribution in [2.24, 2.45) is 0 Å². The molecule has 23 heavy (non-hydrogen) atoms. The fourth-order valence-electron chi connectivity index (χ4n) is 2.92. The van der Waals surface area contributed by atoms with Gasteiger partial charge in [-0.2, -0.15) is 0 Å². The summed E-state index contributed by atoms with van der Waals surface area (Å²) >= 11 is 10.1. The number of amides is 1. The molecule has 5 nitrogen and oxygen atoms in total. The van der Waals surface area contributed by atoms with Crippen LogP contribution in [0.25, 0.3) is 0 Å². The Labute approximate surface area is 145 Å². The predicted molar refractivity (Wildman–Crippen MR) is 91.3 cm³/mol. The van der Waals surface area contributed by atoms with Gasteiger partial charge in [-0.25, -0.2) is 0 Å². The van der Waals surface area contributed by atoms with Crippen LogP contribution in [0.2, 0.25) is 0 Å². The molecule has 2 aromatic carbocycles. The highest BCUT2D eigenvalue weighted by Crippen LogP contribution is 2.50. The Morgan fingerprint density at radius 2 is 2.00 bits per heavy atom. The molecule has 0 saturated carbocycles. The number of carbonyl (C=O) groups is 1. The highest BCUT2D eigenvalue weighted by molar-refractivity contribution is 9.10. The normalized spacial score (nSPS) is 20.7. The van der Waals surface area contributed by atoms with Crippen LogP contribution in [-0.2, 0) is 9.67 Å². The molecular formula is C16H12BrClN2O3. The van der Waals surface area contributed by atoms with E-state index in [4.69, 9.17) is 11.6 Å². The number of para-hydroxylation sites is 1. The first-order valence-electron chi connectivity index (χ1n) is 6.90. The molecule has 118 valence electrons. The van der Waals surface area contributed by atoms with Gasteiger partial charge in [0.1, 0.15) is 0 Å². The molecule has 1 aliphatic heterocycles. The number of nitrogens with zero attached hydrogens (tertiary/aromatic N) is 1. The number of carbonyl (C=O) groups excluding carboxylic acids is 1. The molecule has 0 unspecified atom stereocenters. The zero-order valence-electron chi connectivity index (χ0n) is 11.8. The van der Waals surface area contributed by atoms with Crippen LogP contribution in [0.4, 0.5) is 5.69 Å². The zero-order chi connectivity index (χ0) is 16.6. The van der Waals surface area contributed by atoms with Gasteiger partial charge in [0.05, 0.1) is 5.92 Å². The summed E-state index contributed by atoms with van der Waals surface area (Å²) < 4.78 is 0.773. The van der Waals surface area contributed by atoms with E-state index in [2.05, 4.69) is 21.2 Å². The number of benzene rings is 2. The molecule has 1 heterocycles. The molecule has 0 bridgehead atoms. The average molecular weight is 396 g/mol. The van der Waals surface area contributed by atoms with Gasteiger partial charge in [-0.05, 0) is 23.8 Å². The molecule has 0 aromatic heterocycles. The number of alkyl halides is 1. The van der Waals surface area contributed by atoms with Crippen LogP contribution in [0.5, 0.6) is 0 Å². The van der Waals surface area contributed by atoms with Crippen molar-refractivity contribution in [2.75, 3.05) is 11.9 Å². The number of hydrogen-bond acceptors (Lipinski definition) is 3. The molecule has 3 rings (SSSR count). The summed E-state index contributed by atoms with van der Waals surface area (Å²) in [5.41, 5.74) is 1.80. The predicted octanol–water partition coefficient (Wildman–Crippen LogP) is 3.90. The summed E-state index contributed by atoms with van der Waals surface area (Å²) in [7, 11) is 0. The second-order valence-corrected chi connectivity index (χ2v) is 6.85. The van der Waals surface area contributed by atoms with Crippen molar-refractivity contribution in [1.82, 2.24) is 0 Å². The Morgan fingerprint density at radius 3 is 2.70 bits per heavy atom. The summed E-state index contributed by atoms with van der Waals surface area (Å²) in [6.07, 6.45) is 0. The Morgan fingerprint density at radius 1 is 1.26 bits per heavy atom. The Kier molecular flexibility index (Phi) is 4.12. The first kappa shape index (κ1) is 16.0. The van der Waals surface area contributed by atoms with Crippen LogP contribution in [0.1, 0.15) is 17.0 Å². The van der Waals surface area contributed by atoms with E-state index >= 15 is 0 Å². The molecule has 2 atom stereocenters. The number of nitrogens with one attached hydrogen (secondary N) is 1. The minimum Gasteiger partial charge on any atom is -0.324 e. The molecule has 0 spiro atoms. The average Bonchev–Trinajstić information content (AvgIpc) is 2.77. The number of nitro groups is 1. The maximum Gasteiger partial charge on any atom is 0.251 e. The standard InChI is InChI=1S/C16H12BrClN2O3/c17-11-5-3-4-10(8-11)13(9-20(22)23)16(18)12-6-1-2-7-14(12)19-15(16)21/h1-8,13H,9H2,(H,19,21)/t13-,16+/m1/s1. The van der Waals surface area contributed by atoms with Crippen molar-refractivity contribution in [2.45, 2.75) is 10.8 Å². The molecule has 0 radical (unpaired) electrons. The number of fused-ring (bicyclic) bond motifs is 1. The smallest absolute Gasteiger partial charge is 0.251 e. The van der Waals surface area contributed by atoms with Crippen LogP contribution >= 0.6 is 27.5 Å². The van der Waals surface area contributed by atoms with Gasteiger partial charge >= 0.3 is 0 Å². The fourth-order valence-corrected chi connectivity index (χ4v) is 3.75. The van der Waals surface area contributed by atoms with Gasteiger partial charge in [0.15, 0.2) is 4.87 Å². The first-order chi connectivity index (χ1) is 10.9. The van der Waals surface area contributed by atoms with Gasteiger partial charge < -0.3 is 5.32 Å². The van der Waals surface area contributed by atoms with E-state index in [1.54, 1.807) is 42.5 Å². The van der Waals surface area contributed by atoms with Crippen molar-refractivity contribution in [3.8, 4) is 0 Å². The summed E-state index contributed by atoms with van der Waals surface area (Å²) in [5.74, 6) is -1.23. The van der Waals surface area contributed by atoms with E-state index in [0.717, 1.165) is 4.47 Å². The number of anilines is 1. The van der Waals surface area contributed by atoms with Crippen molar-refractivity contribution in [1.29, 1.82) is 0 Å². The highest BCUT2D eigenvalue weighted by atomic mass is 79.9. The third kappa shape index (κ3) is 2.72. The summed E-state index contributed by atoms with van der Waals surface area (Å²) in [5, 5.41) is 13.9. The topological polar surface area (TPSA) is 72.2 Å². The molecule has 0 aliphatic carbocycles. The Balaban J connectivity index is 2.16. The third-order valence-corrected chi connectivity index (χ3v) is 5.09. The lowest BCUT2D eigenvalue weighted by Gasteiger charge is -2.28. The van der Waals surface area contributed by atoms with Gasteiger partial charge in [-0.3, -0.25) is 14.9 Å². The lowest BCUT2D eigenvalue weighted by Crippen LogP contribution is -2.38. The van der Waals surface area contributed by atoms with E-state index in [0.29, 0.717) is 16.8 Å². The molecular weight excluding hydrogens is 384 g/mol. The van der Waals surface area contributed by atoms with E-state index < -0.39 is 28.2 Å². The summed E-state index contributed by atoms with van der Waals surface area (Å²) in [6, 6.07) is 14.1. The number of rotatable bonds is 4. The third-order valence-electron chi connectivity index (χ3n) is 3.96. The maximum absolute atomic E-state index is 12.6. The lowest BCUT2D eigenvalue weighted by atomic mass is 9.81. The van der Waals surface area contributed by atoms with Crippen LogP contribution in [0, 0.1) is 10.1 Å². The van der Waals surface area contributed by atoms with E-state index in [-0.39, 0.29) is 0 Å².